The second-order valence-corrected chi connectivity index (χ2v) is 7.25. The average Bonchev–Trinajstić information content (AvgIpc) is 2.86. The van der Waals surface area contributed by atoms with E-state index in [-0.39, 0.29) is 12.5 Å². The van der Waals surface area contributed by atoms with Gasteiger partial charge in [0.1, 0.15) is 12.6 Å². The smallest absolute Gasteiger partial charge is 0.251 e. The molecule has 2 N–H and O–H groups in total. The molecule has 164 valence electrons. The number of benzene rings is 3. The molecule has 0 aliphatic carbocycles. The molecule has 0 radical (unpaired) electrons. The number of nitrogens with zero attached hydrogens (tertiary/aromatic N) is 4. The molecule has 2 amide bonds. The van der Waals surface area contributed by atoms with Crippen LogP contribution in [0.25, 0.3) is 21.6 Å². The predicted molar refractivity (Wildman–Crippen MR) is 125 cm³/mol. The fourth-order valence-electron chi connectivity index (χ4n) is 3.28. The largest absolute Gasteiger partial charge is 0.341 e. The minimum Gasteiger partial charge on any atom is -0.341 e. The first-order chi connectivity index (χ1) is 16.1. The van der Waals surface area contributed by atoms with E-state index in [0.29, 0.717) is 18.5 Å². The summed E-state index contributed by atoms with van der Waals surface area (Å²) in [4.78, 5) is 28.1. The van der Waals surface area contributed by atoms with Crippen molar-refractivity contribution in [2.45, 2.75) is 19.0 Å². The topological polar surface area (TPSA) is 131 Å². The quantitative estimate of drug-likeness (QED) is 0.225. The van der Waals surface area contributed by atoms with Crippen molar-refractivity contribution < 1.29 is 9.59 Å². The van der Waals surface area contributed by atoms with Gasteiger partial charge in [-0.1, -0.05) is 71.8 Å². The molecule has 0 heterocycles. The third-order valence-electron chi connectivity index (χ3n) is 5.00. The van der Waals surface area contributed by atoms with Crippen molar-refractivity contribution in [1.82, 2.24) is 10.6 Å². The molecule has 8 nitrogen and oxygen atoms in total. The fraction of sp³-hybridized carbons (Fsp3) is 0.160. The highest BCUT2D eigenvalue weighted by Gasteiger charge is 2.21. The van der Waals surface area contributed by atoms with Gasteiger partial charge in [0.2, 0.25) is 5.91 Å². The van der Waals surface area contributed by atoms with E-state index < -0.39 is 11.9 Å². The Bertz CT molecular complexity index is 1180. The lowest BCUT2D eigenvalue weighted by Crippen LogP contribution is -2.48. The van der Waals surface area contributed by atoms with Crippen molar-refractivity contribution in [2.24, 2.45) is 5.11 Å². The van der Waals surface area contributed by atoms with Crippen LogP contribution in [0.4, 0.5) is 0 Å². The minimum absolute atomic E-state index is 0.129. The molecule has 0 fully saturated rings. The van der Waals surface area contributed by atoms with Gasteiger partial charge in [-0.15, -0.1) is 0 Å². The standard InChI is InChI=1S/C25H22N6O2/c26-14-15-28-25(33)23(16-18-4-2-1-3-5-18)30-24(32)22-12-10-21(11-13-22)20-8-6-19(7-9-20)17-29-31-27/h1-13,23H,15-17H2,(H,28,33)(H,30,32)/t23-/m0/s1. The van der Waals surface area contributed by atoms with Crippen LogP contribution in [0.5, 0.6) is 0 Å². The second kappa shape index (κ2) is 11.7. The molecule has 0 bridgehead atoms. The van der Waals surface area contributed by atoms with Gasteiger partial charge in [-0.2, -0.15) is 5.26 Å². The zero-order valence-electron chi connectivity index (χ0n) is 17.8. The molecule has 0 spiro atoms. The van der Waals surface area contributed by atoms with E-state index >= 15 is 0 Å². The van der Waals surface area contributed by atoms with E-state index in [2.05, 4.69) is 20.7 Å². The molecule has 0 aliphatic rings. The first kappa shape index (κ1) is 23.1. The van der Waals surface area contributed by atoms with Gasteiger partial charge in [0.15, 0.2) is 0 Å². The molecule has 8 heteroatoms. The van der Waals surface area contributed by atoms with Gasteiger partial charge in [0.05, 0.1) is 12.6 Å². The lowest BCUT2D eigenvalue weighted by Gasteiger charge is -2.18. The van der Waals surface area contributed by atoms with Crippen molar-refractivity contribution in [2.75, 3.05) is 6.54 Å². The number of carbonyl (C=O) groups excluding carboxylic acids is 2. The number of rotatable bonds is 9. The molecule has 33 heavy (non-hydrogen) atoms. The molecule has 0 unspecified atom stereocenters. The summed E-state index contributed by atoms with van der Waals surface area (Å²) < 4.78 is 0. The molecule has 1 atom stereocenters. The van der Waals surface area contributed by atoms with Crippen LogP contribution < -0.4 is 10.6 Å². The van der Waals surface area contributed by atoms with Crippen molar-refractivity contribution in [1.29, 1.82) is 5.26 Å². The van der Waals surface area contributed by atoms with Crippen LogP contribution in [0.1, 0.15) is 21.5 Å². The Morgan fingerprint density at radius 1 is 0.939 bits per heavy atom. The first-order valence-corrected chi connectivity index (χ1v) is 10.3. The Kier molecular flexibility index (Phi) is 8.18. The second-order valence-electron chi connectivity index (χ2n) is 7.25. The first-order valence-electron chi connectivity index (χ1n) is 10.3. The van der Waals surface area contributed by atoms with Gasteiger partial charge < -0.3 is 10.6 Å². The highest BCUT2D eigenvalue weighted by atomic mass is 16.2. The normalized spacial score (nSPS) is 10.9. The lowest BCUT2D eigenvalue weighted by atomic mass is 10.0. The van der Waals surface area contributed by atoms with Gasteiger partial charge >= 0.3 is 0 Å². The van der Waals surface area contributed by atoms with Crippen molar-refractivity contribution >= 4 is 11.8 Å². The number of azide groups is 1. The average molecular weight is 438 g/mol. The van der Waals surface area contributed by atoms with E-state index in [4.69, 9.17) is 10.8 Å². The highest BCUT2D eigenvalue weighted by Crippen LogP contribution is 2.21. The number of hydrogen-bond acceptors (Lipinski definition) is 4. The lowest BCUT2D eigenvalue weighted by molar-refractivity contribution is -0.122. The summed E-state index contributed by atoms with van der Waals surface area (Å²) in [6.07, 6.45) is 0.310. The summed E-state index contributed by atoms with van der Waals surface area (Å²) in [6.45, 7) is 0.165. The summed E-state index contributed by atoms with van der Waals surface area (Å²) in [6, 6.07) is 25.1. The van der Waals surface area contributed by atoms with E-state index in [0.717, 1.165) is 22.3 Å². The molecular weight excluding hydrogens is 416 g/mol. The van der Waals surface area contributed by atoms with Gasteiger partial charge in [-0.05, 0) is 39.9 Å². The van der Waals surface area contributed by atoms with Crippen LogP contribution in [0, 0.1) is 11.3 Å². The Balaban J connectivity index is 1.70. The van der Waals surface area contributed by atoms with Gasteiger partial charge in [-0.3, -0.25) is 9.59 Å². The third kappa shape index (κ3) is 6.69. The predicted octanol–water partition coefficient (Wildman–Crippen LogP) is 4.14. The minimum atomic E-state index is -0.809. The van der Waals surface area contributed by atoms with E-state index in [1.807, 2.05) is 72.8 Å². The highest BCUT2D eigenvalue weighted by molar-refractivity contribution is 5.98. The number of carbonyl (C=O) groups is 2. The maximum Gasteiger partial charge on any atom is 0.251 e. The summed E-state index contributed by atoms with van der Waals surface area (Å²) in [5, 5.41) is 17.6. The van der Waals surface area contributed by atoms with E-state index in [1.165, 1.54) is 0 Å². The molecule has 3 aromatic rings. The SMILES string of the molecule is N#CCNC(=O)[C@H](Cc1ccccc1)NC(=O)c1ccc(-c2ccc(CN=[N+]=[N-])cc2)cc1. The van der Waals surface area contributed by atoms with Gasteiger partial charge in [0.25, 0.3) is 5.91 Å². The fourth-order valence-corrected chi connectivity index (χ4v) is 3.28. The van der Waals surface area contributed by atoms with Crippen LogP contribution in [-0.4, -0.2) is 24.4 Å². The molecule has 3 rings (SSSR count). The Hall–Kier alpha value is -4.60. The molecule has 0 aliphatic heterocycles. The van der Waals surface area contributed by atoms with Crippen molar-refractivity contribution in [3.63, 3.8) is 0 Å². The van der Waals surface area contributed by atoms with Crippen LogP contribution in [-0.2, 0) is 17.8 Å². The molecule has 0 aromatic heterocycles. The third-order valence-corrected chi connectivity index (χ3v) is 5.00. The van der Waals surface area contributed by atoms with Gasteiger partial charge in [0, 0.05) is 16.9 Å². The van der Waals surface area contributed by atoms with Crippen LogP contribution in [0.2, 0.25) is 0 Å². The summed E-state index contributed by atoms with van der Waals surface area (Å²) in [5.41, 5.74) is 12.5. The number of hydrogen-bond donors (Lipinski definition) is 2. The maximum absolute atomic E-state index is 12.8. The maximum atomic E-state index is 12.8. The van der Waals surface area contributed by atoms with Crippen molar-refractivity contribution in [3.05, 3.63) is 106 Å². The molecule has 0 saturated carbocycles. The van der Waals surface area contributed by atoms with Crippen molar-refractivity contribution in [3.8, 4) is 17.2 Å². The number of nitrogens with one attached hydrogen (secondary N) is 2. The Morgan fingerprint density at radius 3 is 2.18 bits per heavy atom. The Morgan fingerprint density at radius 2 is 1.58 bits per heavy atom. The molecular formula is C25H22N6O2. The van der Waals surface area contributed by atoms with Crippen LogP contribution in [0.15, 0.2) is 84.0 Å². The van der Waals surface area contributed by atoms with E-state index in [1.54, 1.807) is 12.1 Å². The summed E-state index contributed by atoms with van der Waals surface area (Å²) >= 11 is 0. The number of nitriles is 1. The van der Waals surface area contributed by atoms with Gasteiger partial charge in [-0.25, -0.2) is 0 Å². The zero-order chi connectivity index (χ0) is 23.5. The molecule has 0 saturated heterocycles. The van der Waals surface area contributed by atoms with E-state index in [9.17, 15) is 9.59 Å². The monoisotopic (exact) mass is 438 g/mol. The van der Waals surface area contributed by atoms with Crippen LogP contribution in [0.3, 0.4) is 0 Å². The van der Waals surface area contributed by atoms with Crippen LogP contribution >= 0.6 is 0 Å². The number of amides is 2. The summed E-state index contributed by atoms with van der Waals surface area (Å²) in [5.74, 6) is -0.787. The Labute approximate surface area is 191 Å². The zero-order valence-corrected chi connectivity index (χ0v) is 17.8. The molecule has 3 aromatic carbocycles. The summed E-state index contributed by atoms with van der Waals surface area (Å²) in [7, 11) is 0.